The van der Waals surface area contributed by atoms with Gasteiger partial charge in [-0.15, -0.1) is 10.2 Å². The quantitative estimate of drug-likeness (QED) is 0.528. The minimum absolute atomic E-state index is 0.0941. The molecule has 1 aromatic heterocycles. The van der Waals surface area contributed by atoms with E-state index in [4.69, 9.17) is 0 Å². The van der Waals surface area contributed by atoms with Crippen LogP contribution in [0.25, 0.3) is 11.3 Å². The molecule has 0 radical (unpaired) electrons. The minimum atomic E-state index is -0.115. The fourth-order valence-electron chi connectivity index (χ4n) is 5.28. The number of halogens is 1. The van der Waals surface area contributed by atoms with Gasteiger partial charge in [-0.1, -0.05) is 30.3 Å². The van der Waals surface area contributed by atoms with Crippen LogP contribution in [0.5, 0.6) is 0 Å². The first-order chi connectivity index (χ1) is 16.0. The lowest BCUT2D eigenvalue weighted by Crippen LogP contribution is -2.31. The van der Waals surface area contributed by atoms with E-state index in [1.807, 2.05) is 48.5 Å². The maximum absolute atomic E-state index is 14.1. The zero-order chi connectivity index (χ0) is 22.8. The fraction of sp³-hybridized carbons (Fsp3) is 0.346. The maximum Gasteiger partial charge on any atom is 0.221 e. The van der Waals surface area contributed by atoms with Gasteiger partial charge in [0.1, 0.15) is 11.6 Å². The number of hydrogen-bond donors (Lipinski definition) is 3. The predicted octanol–water partition coefficient (Wildman–Crippen LogP) is 4.26. The van der Waals surface area contributed by atoms with Gasteiger partial charge in [0.25, 0.3) is 0 Å². The van der Waals surface area contributed by atoms with Crippen LogP contribution in [0.3, 0.4) is 0 Å². The van der Waals surface area contributed by atoms with Crippen LogP contribution in [-0.4, -0.2) is 34.7 Å². The molecular weight excluding hydrogens is 417 g/mol. The van der Waals surface area contributed by atoms with Crippen LogP contribution in [0.4, 0.5) is 15.9 Å². The van der Waals surface area contributed by atoms with Gasteiger partial charge in [0.05, 0.1) is 5.69 Å². The molecule has 7 heteroatoms. The van der Waals surface area contributed by atoms with Gasteiger partial charge in [-0.2, -0.15) is 0 Å². The van der Waals surface area contributed by atoms with Gasteiger partial charge in [0.15, 0.2) is 0 Å². The van der Waals surface area contributed by atoms with Crippen molar-refractivity contribution in [2.24, 2.45) is 11.8 Å². The molecule has 2 aromatic carbocycles. The highest BCUT2D eigenvalue weighted by molar-refractivity contribution is 5.88. The zero-order valence-corrected chi connectivity index (χ0v) is 18.6. The Hall–Kier alpha value is -3.32. The lowest BCUT2D eigenvalue weighted by molar-refractivity contribution is -0.114. The van der Waals surface area contributed by atoms with Crippen LogP contribution < -0.4 is 16.0 Å². The molecule has 6 nitrogen and oxygen atoms in total. The van der Waals surface area contributed by atoms with Crippen LogP contribution in [0.1, 0.15) is 25.3 Å². The molecule has 3 aromatic rings. The number of hydrogen-bond acceptors (Lipinski definition) is 5. The largest absolute Gasteiger partial charge is 0.366 e. The molecule has 1 aliphatic carbocycles. The molecule has 0 bridgehead atoms. The first kappa shape index (κ1) is 21.5. The number of amides is 1. The first-order valence-electron chi connectivity index (χ1n) is 11.5. The smallest absolute Gasteiger partial charge is 0.221 e. The van der Waals surface area contributed by atoms with Crippen molar-refractivity contribution in [1.29, 1.82) is 0 Å². The Bertz CT molecular complexity index is 1120. The number of aromatic nitrogens is 2. The summed E-state index contributed by atoms with van der Waals surface area (Å²) < 4.78 is 14.1. The van der Waals surface area contributed by atoms with E-state index >= 15 is 0 Å². The molecule has 3 N–H and O–H groups in total. The molecule has 170 valence electrons. The molecule has 2 aliphatic rings. The lowest BCUT2D eigenvalue weighted by atomic mass is 9.90. The summed E-state index contributed by atoms with van der Waals surface area (Å²) in [4.78, 5) is 11.2. The topological polar surface area (TPSA) is 78.9 Å². The van der Waals surface area contributed by atoms with Gasteiger partial charge in [-0.05, 0) is 73.5 Å². The van der Waals surface area contributed by atoms with Crippen molar-refractivity contribution in [3.8, 4) is 11.3 Å². The van der Waals surface area contributed by atoms with Gasteiger partial charge >= 0.3 is 0 Å². The lowest BCUT2D eigenvalue weighted by Gasteiger charge is -2.20. The van der Waals surface area contributed by atoms with Crippen molar-refractivity contribution in [1.82, 2.24) is 15.5 Å². The Morgan fingerprint density at radius 1 is 1.06 bits per heavy atom. The third-order valence-electron chi connectivity index (χ3n) is 6.82. The Morgan fingerprint density at radius 3 is 2.61 bits per heavy atom. The summed E-state index contributed by atoms with van der Waals surface area (Å²) >= 11 is 0. The summed E-state index contributed by atoms with van der Waals surface area (Å²) in [7, 11) is 0. The highest BCUT2D eigenvalue weighted by atomic mass is 19.1. The second-order valence-electron chi connectivity index (χ2n) is 9.11. The molecule has 1 amide bonds. The number of carbonyl (C=O) groups is 1. The van der Waals surface area contributed by atoms with Gasteiger partial charge in [-0.3, -0.25) is 4.79 Å². The number of carbonyl (C=O) groups excluding carboxylic acids is 1. The first-order valence-corrected chi connectivity index (χ1v) is 11.5. The summed E-state index contributed by atoms with van der Waals surface area (Å²) in [6.45, 7) is 2.48. The molecule has 4 atom stereocenters. The van der Waals surface area contributed by atoms with Gasteiger partial charge < -0.3 is 16.0 Å². The normalized spacial score (nSPS) is 23.8. The van der Waals surface area contributed by atoms with Crippen molar-refractivity contribution in [3.63, 3.8) is 0 Å². The standard InChI is InChI=1S/C26H28FN5O/c1-16(33)29-20-8-6-17(7-9-20)24-10-11-26(32-31-24)30-21-12-19-15-28-25(22(19)14-21)13-18-4-2-3-5-23(18)27/h2-11,19,21-22,25,28H,12-15H2,1H3,(H,29,33)(H,30,32)/t19-,21+,22+,25+/m1/s1. The SMILES string of the molecule is CC(=O)Nc1ccc(-c2ccc(N[C@H]3C[C@@H]4CN[C@@H](Cc5ccccc5F)[C@H]4C3)nn2)cc1. The molecule has 2 heterocycles. The minimum Gasteiger partial charge on any atom is -0.366 e. The number of benzene rings is 2. The zero-order valence-electron chi connectivity index (χ0n) is 18.6. The number of nitrogens with zero attached hydrogens (tertiary/aromatic N) is 2. The van der Waals surface area contributed by atoms with Crippen LogP contribution in [0.2, 0.25) is 0 Å². The van der Waals surface area contributed by atoms with Crippen LogP contribution in [-0.2, 0) is 11.2 Å². The molecule has 1 saturated carbocycles. The van der Waals surface area contributed by atoms with Gasteiger partial charge in [-0.25, -0.2) is 4.39 Å². The molecular formula is C26H28FN5O. The Kier molecular flexibility index (Phi) is 6.05. The summed E-state index contributed by atoms with van der Waals surface area (Å²) in [5.41, 5.74) is 3.28. The average molecular weight is 446 g/mol. The number of anilines is 2. The second-order valence-corrected chi connectivity index (χ2v) is 9.11. The van der Waals surface area contributed by atoms with E-state index in [2.05, 4.69) is 26.1 Å². The molecule has 1 saturated heterocycles. The van der Waals surface area contributed by atoms with Crippen LogP contribution >= 0.6 is 0 Å². The Balaban J connectivity index is 1.19. The van der Waals surface area contributed by atoms with Crippen molar-refractivity contribution in [2.75, 3.05) is 17.2 Å². The van der Waals surface area contributed by atoms with E-state index in [0.29, 0.717) is 23.9 Å². The Morgan fingerprint density at radius 2 is 1.88 bits per heavy atom. The van der Waals surface area contributed by atoms with Gasteiger partial charge in [0, 0.05) is 30.3 Å². The van der Waals surface area contributed by atoms with Crippen molar-refractivity contribution in [3.05, 3.63) is 72.0 Å². The third kappa shape index (κ3) is 4.88. The number of fused-ring (bicyclic) bond motifs is 1. The van der Waals surface area contributed by atoms with Gasteiger partial charge in [0.2, 0.25) is 5.91 Å². The van der Waals surface area contributed by atoms with E-state index in [9.17, 15) is 9.18 Å². The van der Waals surface area contributed by atoms with E-state index in [1.165, 1.54) is 6.92 Å². The highest BCUT2D eigenvalue weighted by Gasteiger charge is 2.43. The summed E-state index contributed by atoms with van der Waals surface area (Å²) in [5, 5.41) is 18.7. The van der Waals surface area contributed by atoms with Crippen LogP contribution in [0, 0.1) is 17.7 Å². The molecule has 5 rings (SSSR count). The fourth-order valence-corrected chi connectivity index (χ4v) is 5.28. The van der Waals surface area contributed by atoms with E-state index in [-0.39, 0.29) is 11.7 Å². The molecule has 2 fully saturated rings. The Labute approximate surface area is 193 Å². The summed E-state index contributed by atoms with van der Waals surface area (Å²) in [5.74, 6) is 1.71. The van der Waals surface area contributed by atoms with E-state index < -0.39 is 0 Å². The maximum atomic E-state index is 14.1. The monoisotopic (exact) mass is 445 g/mol. The molecule has 33 heavy (non-hydrogen) atoms. The number of nitrogens with one attached hydrogen (secondary N) is 3. The van der Waals surface area contributed by atoms with E-state index in [0.717, 1.165) is 54.1 Å². The van der Waals surface area contributed by atoms with E-state index in [1.54, 1.807) is 12.1 Å². The predicted molar refractivity (Wildman–Crippen MR) is 127 cm³/mol. The third-order valence-corrected chi connectivity index (χ3v) is 6.82. The highest BCUT2D eigenvalue weighted by Crippen LogP contribution is 2.40. The van der Waals surface area contributed by atoms with Crippen molar-refractivity contribution in [2.45, 2.75) is 38.3 Å². The summed E-state index contributed by atoms with van der Waals surface area (Å²) in [6.07, 6.45) is 2.86. The molecule has 0 spiro atoms. The van der Waals surface area contributed by atoms with Crippen molar-refractivity contribution >= 4 is 17.4 Å². The van der Waals surface area contributed by atoms with Crippen LogP contribution in [0.15, 0.2) is 60.7 Å². The average Bonchev–Trinajstić information content (AvgIpc) is 3.37. The molecule has 0 unspecified atom stereocenters. The van der Waals surface area contributed by atoms with Crippen molar-refractivity contribution < 1.29 is 9.18 Å². The number of rotatable bonds is 6. The second kappa shape index (κ2) is 9.27. The summed E-state index contributed by atoms with van der Waals surface area (Å²) in [6, 6.07) is 19.2. The molecule has 1 aliphatic heterocycles.